The summed E-state index contributed by atoms with van der Waals surface area (Å²) in [6.45, 7) is 0. The Labute approximate surface area is 383 Å². The van der Waals surface area contributed by atoms with Crippen LogP contribution >= 0.6 is 0 Å². The zero-order valence-corrected chi connectivity index (χ0v) is 36.1. The molecule has 0 aliphatic heterocycles. The molecule has 0 spiro atoms. The van der Waals surface area contributed by atoms with E-state index in [0.29, 0.717) is 0 Å². The highest BCUT2D eigenvalue weighted by Crippen LogP contribution is 2.44. The third-order valence-corrected chi connectivity index (χ3v) is 13.6. The largest absolute Gasteiger partial charge is 0.310 e. The number of hydrogen-bond acceptors (Lipinski definition) is 1. The summed E-state index contributed by atoms with van der Waals surface area (Å²) in [6.07, 6.45) is 0. The van der Waals surface area contributed by atoms with Crippen LogP contribution in [0.1, 0.15) is 0 Å². The van der Waals surface area contributed by atoms with E-state index in [1.54, 1.807) is 0 Å². The molecular formula is C64H42N2. The topological polar surface area (TPSA) is 8.17 Å². The summed E-state index contributed by atoms with van der Waals surface area (Å²) in [6, 6.07) is 93.3. The number of anilines is 3. The number of hydrogen-bond donors (Lipinski definition) is 0. The summed E-state index contributed by atoms with van der Waals surface area (Å²) in [5.41, 5.74) is 14.0. The Morgan fingerprint density at radius 3 is 1.38 bits per heavy atom. The van der Waals surface area contributed by atoms with Gasteiger partial charge < -0.3 is 9.47 Å². The standard InChI is InChI=1S/C64H42N2/c1-4-22-52-43(15-1)18-12-28-54(52)45-33-37-49(38-34-45)65(50-39-35-46(36-40-50)55-29-13-19-44-16-2-5-23-53(44)55)51-21-11-20-47(41-51)57-30-14-32-62-64(57)60-27-9-10-31-61(60)66(62)63-42-48-17-3-6-24-56(48)58-25-7-8-26-59(58)63/h1-42H. The van der Waals surface area contributed by atoms with E-state index in [2.05, 4.69) is 264 Å². The molecule has 0 saturated heterocycles. The van der Waals surface area contributed by atoms with Crippen LogP contribution in [0.2, 0.25) is 0 Å². The van der Waals surface area contributed by atoms with E-state index in [1.165, 1.54) is 98.4 Å². The van der Waals surface area contributed by atoms with E-state index in [4.69, 9.17) is 0 Å². The summed E-state index contributed by atoms with van der Waals surface area (Å²) in [5.74, 6) is 0. The molecule has 0 aliphatic rings. The van der Waals surface area contributed by atoms with Crippen LogP contribution < -0.4 is 4.90 Å². The van der Waals surface area contributed by atoms with Gasteiger partial charge in [-0.1, -0.05) is 200 Å². The summed E-state index contributed by atoms with van der Waals surface area (Å²) >= 11 is 0. The summed E-state index contributed by atoms with van der Waals surface area (Å²) in [4.78, 5) is 2.40. The number of nitrogens with zero attached hydrogens (tertiary/aromatic N) is 2. The second kappa shape index (κ2) is 15.5. The lowest BCUT2D eigenvalue weighted by Crippen LogP contribution is -2.10. The van der Waals surface area contributed by atoms with Gasteiger partial charge in [0.05, 0.1) is 16.7 Å². The van der Waals surface area contributed by atoms with Crippen molar-refractivity contribution in [3.8, 4) is 39.1 Å². The Morgan fingerprint density at radius 1 is 0.258 bits per heavy atom. The van der Waals surface area contributed by atoms with Crippen molar-refractivity contribution in [3.63, 3.8) is 0 Å². The Kier molecular flexibility index (Phi) is 8.89. The van der Waals surface area contributed by atoms with Gasteiger partial charge in [0.1, 0.15) is 0 Å². The number of aromatic nitrogens is 1. The molecule has 12 aromatic carbocycles. The van der Waals surface area contributed by atoms with Crippen LogP contribution in [0.15, 0.2) is 255 Å². The molecule has 13 aromatic rings. The van der Waals surface area contributed by atoms with Crippen molar-refractivity contribution in [2.45, 2.75) is 0 Å². The molecule has 2 nitrogen and oxygen atoms in total. The molecule has 0 aliphatic carbocycles. The second-order valence-electron chi connectivity index (χ2n) is 17.2. The van der Waals surface area contributed by atoms with Gasteiger partial charge >= 0.3 is 0 Å². The van der Waals surface area contributed by atoms with Gasteiger partial charge in [0, 0.05) is 33.2 Å². The van der Waals surface area contributed by atoms with E-state index in [-0.39, 0.29) is 0 Å². The quantitative estimate of drug-likeness (QED) is 0.145. The minimum Gasteiger partial charge on any atom is -0.310 e. The van der Waals surface area contributed by atoms with E-state index in [1.807, 2.05) is 0 Å². The normalized spacial score (nSPS) is 11.6. The molecule has 0 atom stereocenters. The number of rotatable bonds is 7. The van der Waals surface area contributed by atoms with Gasteiger partial charge in [-0.15, -0.1) is 0 Å². The maximum atomic E-state index is 2.48. The first-order valence-corrected chi connectivity index (χ1v) is 22.8. The molecule has 66 heavy (non-hydrogen) atoms. The first kappa shape index (κ1) is 37.8. The van der Waals surface area contributed by atoms with Crippen molar-refractivity contribution in [1.82, 2.24) is 4.57 Å². The van der Waals surface area contributed by atoms with Crippen LogP contribution in [0.5, 0.6) is 0 Å². The zero-order chi connectivity index (χ0) is 43.6. The monoisotopic (exact) mass is 838 g/mol. The van der Waals surface area contributed by atoms with Gasteiger partial charge in [-0.3, -0.25) is 0 Å². The average molecular weight is 839 g/mol. The van der Waals surface area contributed by atoms with Crippen LogP contribution in [-0.2, 0) is 0 Å². The fourth-order valence-electron chi connectivity index (χ4n) is 10.5. The van der Waals surface area contributed by atoms with Crippen LogP contribution in [-0.4, -0.2) is 4.57 Å². The lowest BCUT2D eigenvalue weighted by Gasteiger charge is -2.26. The number of benzene rings is 12. The molecule has 1 heterocycles. The lowest BCUT2D eigenvalue weighted by atomic mass is 9.97. The summed E-state index contributed by atoms with van der Waals surface area (Å²) < 4.78 is 2.48. The van der Waals surface area contributed by atoms with Crippen LogP contribution in [0.3, 0.4) is 0 Å². The Balaban J connectivity index is 0.975. The van der Waals surface area contributed by atoms with Crippen LogP contribution in [0.4, 0.5) is 17.1 Å². The van der Waals surface area contributed by atoms with Crippen LogP contribution in [0.25, 0.3) is 104 Å². The van der Waals surface area contributed by atoms with Gasteiger partial charge in [-0.2, -0.15) is 0 Å². The highest BCUT2D eigenvalue weighted by Gasteiger charge is 2.20. The van der Waals surface area contributed by atoms with Gasteiger partial charge in [0.15, 0.2) is 0 Å². The van der Waals surface area contributed by atoms with E-state index in [0.717, 1.165) is 22.6 Å². The first-order valence-electron chi connectivity index (χ1n) is 22.8. The Morgan fingerprint density at radius 2 is 0.727 bits per heavy atom. The molecule has 0 amide bonds. The predicted octanol–water partition coefficient (Wildman–Crippen LogP) is 17.9. The molecule has 0 saturated carbocycles. The first-order chi connectivity index (χ1) is 32.7. The molecule has 308 valence electrons. The highest BCUT2D eigenvalue weighted by atomic mass is 15.1. The highest BCUT2D eigenvalue weighted by molar-refractivity contribution is 6.18. The van der Waals surface area contributed by atoms with Crippen molar-refractivity contribution >= 4 is 82.0 Å². The van der Waals surface area contributed by atoms with Crippen LogP contribution in [0, 0.1) is 0 Å². The third kappa shape index (κ3) is 6.18. The van der Waals surface area contributed by atoms with Gasteiger partial charge in [0.2, 0.25) is 0 Å². The average Bonchev–Trinajstić information content (AvgIpc) is 3.73. The molecule has 0 bridgehead atoms. The lowest BCUT2D eigenvalue weighted by molar-refractivity contribution is 1.20. The minimum atomic E-state index is 1.09. The minimum absolute atomic E-state index is 1.09. The fraction of sp³-hybridized carbons (Fsp3) is 0. The molecule has 1 aromatic heterocycles. The molecule has 0 fully saturated rings. The van der Waals surface area contributed by atoms with Crippen molar-refractivity contribution in [3.05, 3.63) is 255 Å². The number of para-hydroxylation sites is 1. The Bertz CT molecular complexity index is 3860. The maximum Gasteiger partial charge on any atom is 0.0547 e. The van der Waals surface area contributed by atoms with E-state index >= 15 is 0 Å². The molecular weight excluding hydrogens is 797 g/mol. The van der Waals surface area contributed by atoms with Crippen molar-refractivity contribution in [2.24, 2.45) is 0 Å². The second-order valence-corrected chi connectivity index (χ2v) is 17.2. The Hall–Kier alpha value is -8.72. The maximum absolute atomic E-state index is 2.48. The van der Waals surface area contributed by atoms with Gasteiger partial charge in [-0.05, 0) is 126 Å². The van der Waals surface area contributed by atoms with E-state index < -0.39 is 0 Å². The zero-order valence-electron chi connectivity index (χ0n) is 36.1. The smallest absolute Gasteiger partial charge is 0.0547 e. The van der Waals surface area contributed by atoms with Gasteiger partial charge in [0.25, 0.3) is 0 Å². The van der Waals surface area contributed by atoms with Gasteiger partial charge in [-0.25, -0.2) is 0 Å². The molecule has 2 heteroatoms. The number of fused-ring (bicyclic) bond motifs is 8. The summed E-state index contributed by atoms with van der Waals surface area (Å²) in [5, 5.41) is 12.5. The SMILES string of the molecule is c1cc(-c2cccc3c2c2ccccc2n3-c2cc3ccccc3c3ccccc23)cc(N(c2ccc(-c3cccc4ccccc34)cc2)c2ccc(-c3cccc4ccccc34)cc2)c1. The molecule has 0 radical (unpaired) electrons. The van der Waals surface area contributed by atoms with Crippen molar-refractivity contribution in [2.75, 3.05) is 4.90 Å². The molecule has 13 rings (SSSR count). The van der Waals surface area contributed by atoms with E-state index in [9.17, 15) is 0 Å². The van der Waals surface area contributed by atoms with Crippen molar-refractivity contribution < 1.29 is 0 Å². The third-order valence-electron chi connectivity index (χ3n) is 13.6. The van der Waals surface area contributed by atoms with Crippen molar-refractivity contribution in [1.29, 1.82) is 0 Å². The fourth-order valence-corrected chi connectivity index (χ4v) is 10.5. The molecule has 0 unspecified atom stereocenters. The molecule has 0 N–H and O–H groups in total. The predicted molar refractivity (Wildman–Crippen MR) is 282 cm³/mol. The summed E-state index contributed by atoms with van der Waals surface area (Å²) in [7, 11) is 0.